The van der Waals surface area contributed by atoms with E-state index in [1.807, 2.05) is 5.92 Å². The number of alkyl halides is 1. The summed E-state index contributed by atoms with van der Waals surface area (Å²) in [6.07, 6.45) is 4.32. The molecule has 1 fully saturated rings. The summed E-state index contributed by atoms with van der Waals surface area (Å²) >= 11 is 0. The SMILES string of the molecule is C#C[C@]1(F)C[C@@H](CO)O[C@@H]1n1cnc2c(=O)[nH]c(N)nc21. The molecule has 1 aliphatic rings. The van der Waals surface area contributed by atoms with Gasteiger partial charge in [-0.25, -0.2) is 9.37 Å². The van der Waals surface area contributed by atoms with Gasteiger partial charge in [0.2, 0.25) is 11.6 Å². The number of aliphatic hydroxyl groups is 1. The number of hydrogen-bond donors (Lipinski definition) is 3. The van der Waals surface area contributed by atoms with Crippen molar-refractivity contribution in [2.75, 3.05) is 12.3 Å². The van der Waals surface area contributed by atoms with Crippen LogP contribution in [0.1, 0.15) is 12.6 Å². The molecule has 1 aliphatic heterocycles. The highest BCUT2D eigenvalue weighted by molar-refractivity contribution is 5.70. The highest BCUT2D eigenvalue weighted by atomic mass is 19.1. The molecule has 0 amide bonds. The summed E-state index contributed by atoms with van der Waals surface area (Å²) in [4.78, 5) is 21.8. The molecule has 3 rings (SSSR count). The molecule has 0 unspecified atom stereocenters. The number of ether oxygens (including phenoxy) is 1. The molecular weight excluding hydrogens is 281 g/mol. The van der Waals surface area contributed by atoms with E-state index in [0.717, 1.165) is 0 Å². The average Bonchev–Trinajstić information content (AvgIpc) is 3.00. The summed E-state index contributed by atoms with van der Waals surface area (Å²) in [7, 11) is 0. The fourth-order valence-corrected chi connectivity index (χ4v) is 2.41. The number of aromatic amines is 1. The molecule has 0 aliphatic carbocycles. The Labute approximate surface area is 117 Å². The summed E-state index contributed by atoms with van der Waals surface area (Å²) in [6.45, 7) is -0.368. The smallest absolute Gasteiger partial charge is 0.280 e. The van der Waals surface area contributed by atoms with Gasteiger partial charge in [-0.3, -0.25) is 14.3 Å². The molecule has 8 nitrogen and oxygen atoms in total. The maximum Gasteiger partial charge on any atom is 0.280 e. The van der Waals surface area contributed by atoms with E-state index >= 15 is 0 Å². The van der Waals surface area contributed by atoms with E-state index in [1.54, 1.807) is 0 Å². The van der Waals surface area contributed by atoms with Crippen LogP contribution < -0.4 is 11.3 Å². The first kappa shape index (κ1) is 13.5. The molecule has 3 heterocycles. The lowest BCUT2D eigenvalue weighted by Crippen LogP contribution is -2.29. The molecule has 21 heavy (non-hydrogen) atoms. The number of imidazole rings is 1. The highest BCUT2D eigenvalue weighted by Crippen LogP contribution is 2.41. The molecule has 3 atom stereocenters. The Balaban J connectivity index is 2.16. The maximum absolute atomic E-state index is 14.8. The second kappa shape index (κ2) is 4.54. The van der Waals surface area contributed by atoms with Gasteiger partial charge < -0.3 is 15.6 Å². The number of hydrogen-bond acceptors (Lipinski definition) is 6. The second-order valence-corrected chi connectivity index (χ2v) is 4.78. The molecule has 0 aromatic carbocycles. The van der Waals surface area contributed by atoms with Gasteiger partial charge in [-0.05, 0) is 0 Å². The zero-order valence-electron chi connectivity index (χ0n) is 10.8. The largest absolute Gasteiger partial charge is 0.394 e. The topological polar surface area (TPSA) is 119 Å². The van der Waals surface area contributed by atoms with Crippen LogP contribution in [0.4, 0.5) is 10.3 Å². The Morgan fingerprint density at radius 1 is 1.76 bits per heavy atom. The summed E-state index contributed by atoms with van der Waals surface area (Å²) in [6, 6.07) is 0. The molecule has 1 saturated heterocycles. The minimum Gasteiger partial charge on any atom is -0.394 e. The van der Waals surface area contributed by atoms with Gasteiger partial charge in [0.25, 0.3) is 5.56 Å². The van der Waals surface area contributed by atoms with Gasteiger partial charge in [-0.2, -0.15) is 4.98 Å². The first-order valence-electron chi connectivity index (χ1n) is 6.14. The van der Waals surface area contributed by atoms with E-state index in [-0.39, 0.29) is 30.1 Å². The second-order valence-electron chi connectivity index (χ2n) is 4.78. The molecule has 0 bridgehead atoms. The van der Waals surface area contributed by atoms with Crippen LogP contribution in [0.15, 0.2) is 11.1 Å². The predicted molar refractivity (Wildman–Crippen MR) is 70.8 cm³/mol. The lowest BCUT2D eigenvalue weighted by molar-refractivity contribution is -0.0472. The number of rotatable bonds is 2. The van der Waals surface area contributed by atoms with Crippen LogP contribution >= 0.6 is 0 Å². The number of H-pyrrole nitrogens is 1. The van der Waals surface area contributed by atoms with Gasteiger partial charge >= 0.3 is 0 Å². The van der Waals surface area contributed by atoms with E-state index in [4.69, 9.17) is 22.0 Å². The van der Waals surface area contributed by atoms with Gasteiger partial charge in [-0.1, -0.05) is 5.92 Å². The molecule has 0 spiro atoms. The van der Waals surface area contributed by atoms with Gasteiger partial charge in [0.1, 0.15) is 0 Å². The van der Waals surface area contributed by atoms with Crippen molar-refractivity contribution in [1.82, 2.24) is 19.5 Å². The summed E-state index contributed by atoms with van der Waals surface area (Å²) in [5, 5.41) is 9.13. The number of nitrogens with zero attached hydrogens (tertiary/aromatic N) is 3. The summed E-state index contributed by atoms with van der Waals surface area (Å²) in [5.41, 5.74) is 2.87. The zero-order chi connectivity index (χ0) is 15.2. The first-order chi connectivity index (χ1) is 9.98. The third-order valence-electron chi connectivity index (χ3n) is 3.38. The molecule has 0 saturated carbocycles. The third-order valence-corrected chi connectivity index (χ3v) is 3.38. The van der Waals surface area contributed by atoms with Crippen molar-refractivity contribution in [1.29, 1.82) is 0 Å². The average molecular weight is 293 g/mol. The van der Waals surface area contributed by atoms with Crippen molar-refractivity contribution in [3.05, 3.63) is 16.7 Å². The van der Waals surface area contributed by atoms with E-state index < -0.39 is 23.6 Å². The van der Waals surface area contributed by atoms with Crippen LogP contribution in [0.2, 0.25) is 0 Å². The van der Waals surface area contributed by atoms with Crippen molar-refractivity contribution in [2.24, 2.45) is 0 Å². The Hall–Kier alpha value is -2.44. The number of nitrogen functional groups attached to an aromatic ring is 1. The van der Waals surface area contributed by atoms with E-state index in [1.165, 1.54) is 10.9 Å². The van der Waals surface area contributed by atoms with Gasteiger partial charge in [0.15, 0.2) is 17.4 Å². The standard InChI is InChI=1S/C12H12FN5O3/c1-2-12(13)3-6(4-19)21-10(12)18-5-15-7-8(18)16-11(14)17-9(7)20/h1,5-6,10,19H,3-4H2,(H3,14,16,17,20)/t6-,10-,12-/m0/s1. The van der Waals surface area contributed by atoms with Crippen LogP contribution in [0, 0.1) is 12.3 Å². The number of fused-ring (bicyclic) bond motifs is 1. The number of anilines is 1. The number of nitrogens with one attached hydrogen (secondary N) is 1. The van der Waals surface area contributed by atoms with Gasteiger partial charge in [0, 0.05) is 6.42 Å². The normalized spacial score (nSPS) is 28.8. The van der Waals surface area contributed by atoms with E-state index in [9.17, 15) is 9.18 Å². The van der Waals surface area contributed by atoms with Crippen LogP contribution in [0.5, 0.6) is 0 Å². The van der Waals surface area contributed by atoms with Crippen molar-refractivity contribution >= 4 is 17.1 Å². The highest BCUT2D eigenvalue weighted by Gasteiger charge is 2.50. The molecule has 0 radical (unpaired) electrons. The Morgan fingerprint density at radius 3 is 3.19 bits per heavy atom. The fourth-order valence-electron chi connectivity index (χ4n) is 2.41. The minimum atomic E-state index is -2.14. The van der Waals surface area contributed by atoms with Crippen LogP contribution in [-0.2, 0) is 4.74 Å². The van der Waals surface area contributed by atoms with Gasteiger partial charge in [0.05, 0.1) is 19.0 Å². The minimum absolute atomic E-state index is 0.000352. The number of nitrogens with two attached hydrogens (primary N) is 1. The number of halogens is 1. The van der Waals surface area contributed by atoms with Crippen molar-refractivity contribution in [2.45, 2.75) is 24.4 Å². The Morgan fingerprint density at radius 2 is 2.52 bits per heavy atom. The summed E-state index contributed by atoms with van der Waals surface area (Å²) < 4.78 is 21.4. The van der Waals surface area contributed by atoms with E-state index in [0.29, 0.717) is 0 Å². The zero-order valence-corrected chi connectivity index (χ0v) is 10.8. The first-order valence-corrected chi connectivity index (χ1v) is 6.14. The van der Waals surface area contributed by atoms with Crippen molar-refractivity contribution < 1.29 is 14.2 Å². The lowest BCUT2D eigenvalue weighted by atomic mass is 10.0. The Bertz CT molecular complexity index is 794. The molecule has 9 heteroatoms. The molecule has 2 aromatic rings. The molecular formula is C12H12FN5O3. The summed E-state index contributed by atoms with van der Waals surface area (Å²) in [5.74, 6) is 1.91. The van der Waals surface area contributed by atoms with Crippen molar-refractivity contribution in [3.8, 4) is 12.3 Å². The molecule has 2 aromatic heterocycles. The number of terminal acetylenes is 1. The molecule has 110 valence electrons. The molecule has 4 N–H and O–H groups in total. The van der Waals surface area contributed by atoms with Crippen LogP contribution in [0.25, 0.3) is 11.2 Å². The van der Waals surface area contributed by atoms with Crippen molar-refractivity contribution in [3.63, 3.8) is 0 Å². The van der Waals surface area contributed by atoms with Crippen LogP contribution in [0.3, 0.4) is 0 Å². The fraction of sp³-hybridized carbons (Fsp3) is 0.417. The Kier molecular flexibility index (Phi) is 2.93. The quantitative estimate of drug-likeness (QED) is 0.631. The lowest BCUT2D eigenvalue weighted by Gasteiger charge is -2.21. The monoisotopic (exact) mass is 293 g/mol. The van der Waals surface area contributed by atoms with E-state index in [2.05, 4.69) is 15.0 Å². The van der Waals surface area contributed by atoms with Crippen LogP contribution in [-0.4, -0.2) is 43.0 Å². The number of aliphatic hydroxyl groups excluding tert-OH is 1. The maximum atomic E-state index is 14.8. The predicted octanol–water partition coefficient (Wildman–Crippen LogP) is -0.677. The third kappa shape index (κ3) is 1.96. The number of aromatic nitrogens is 4. The van der Waals surface area contributed by atoms with Gasteiger partial charge in [-0.15, -0.1) is 6.42 Å².